The third kappa shape index (κ3) is 56.8. The molecule has 0 aromatic heterocycles. The minimum absolute atomic E-state index is 1.02. The average Bonchev–Trinajstić information content (AvgIpc) is 3.34. The van der Waals surface area contributed by atoms with E-state index < -0.39 is 0 Å². The molecule has 0 aliphatic carbocycles. The van der Waals surface area contributed by atoms with Crippen LogP contribution in [0.1, 0.15) is 419 Å². The molecule has 0 saturated carbocycles. The first-order valence-corrected chi connectivity index (χ1v) is 33.3. The molecule has 0 nitrogen and oxygen atoms in total. The van der Waals surface area contributed by atoms with Crippen LogP contribution in [-0.4, -0.2) is 0 Å². The third-order valence-electron chi connectivity index (χ3n) is 16.6. The van der Waals surface area contributed by atoms with Crippen LogP contribution in [0.3, 0.4) is 0 Å². The summed E-state index contributed by atoms with van der Waals surface area (Å²) >= 11 is 0. The summed E-state index contributed by atoms with van der Waals surface area (Å²) in [6, 6.07) is 0. The lowest BCUT2D eigenvalue weighted by Gasteiger charge is -2.28. The Morgan fingerprint density at radius 3 is 0.313 bits per heavy atom. The normalized spacial score (nSPS) is 12.7. The molecule has 0 aromatic rings. The zero-order chi connectivity index (χ0) is 48.3. The molecule has 0 fully saturated rings. The van der Waals surface area contributed by atoms with Gasteiger partial charge in [0.05, 0.1) is 0 Å². The molecular weight excluding hydrogens is 805 g/mol. The van der Waals surface area contributed by atoms with Gasteiger partial charge in [-0.05, 0) is 11.8 Å². The third-order valence-corrected chi connectivity index (χ3v) is 16.6. The lowest BCUT2D eigenvalue weighted by Crippen LogP contribution is -2.16. The van der Waals surface area contributed by atoms with Crippen molar-refractivity contribution in [3.05, 3.63) is 0 Å². The second kappa shape index (κ2) is 62.1. The zero-order valence-electron chi connectivity index (χ0n) is 48.3. The summed E-state index contributed by atoms with van der Waals surface area (Å²) in [5.74, 6) is 2.04. The smallest absolute Gasteiger partial charge is 0.0386 e. The topological polar surface area (TPSA) is 0 Å². The van der Waals surface area contributed by atoms with E-state index in [1.807, 2.05) is 0 Å². The molecule has 0 N–H and O–H groups in total. The van der Waals surface area contributed by atoms with Crippen molar-refractivity contribution < 1.29 is 0 Å². The Morgan fingerprint density at radius 2 is 0.209 bits per heavy atom. The highest BCUT2D eigenvalue weighted by Gasteiger charge is 2.21. The predicted octanol–water partition coefficient (Wildman–Crippen LogP) is 26.1. The Hall–Kier alpha value is 0. The first kappa shape index (κ1) is 67.0. The van der Waals surface area contributed by atoms with Gasteiger partial charge in [0.25, 0.3) is 0 Å². The van der Waals surface area contributed by atoms with Crippen LogP contribution in [0.4, 0.5) is 0 Å². The molecule has 0 aliphatic rings. The van der Waals surface area contributed by atoms with Crippen LogP contribution in [0.25, 0.3) is 0 Å². The Balaban J connectivity index is 4.45. The Labute approximate surface area is 429 Å². The number of rotatable bonds is 62. The highest BCUT2D eigenvalue weighted by atomic mass is 14.3. The molecular formula is C67H136. The summed E-state index contributed by atoms with van der Waals surface area (Å²) < 4.78 is 0. The van der Waals surface area contributed by atoms with Crippen LogP contribution in [0.2, 0.25) is 0 Å². The standard InChI is InChI=1S/C67H136/c1-5-9-13-17-21-24-26-28-30-32-34-36-38-40-42-44-46-48-52-56-60-64-66(62-58-54-50-20-16-12-8-4)67(63-59-55-51-23-19-15-11-7-3)65-61-57-53-49-47-45-43-41-39-37-35-33-31-29-27-25-22-18-14-10-6-2/h66-67H,5-65H2,1-4H3. The van der Waals surface area contributed by atoms with E-state index in [1.54, 1.807) is 25.7 Å². The van der Waals surface area contributed by atoms with E-state index in [9.17, 15) is 0 Å². The fourth-order valence-electron chi connectivity index (χ4n) is 11.8. The maximum Gasteiger partial charge on any atom is -0.0386 e. The molecule has 67 heavy (non-hydrogen) atoms. The number of hydrogen-bond donors (Lipinski definition) is 0. The van der Waals surface area contributed by atoms with Gasteiger partial charge in [-0.2, -0.15) is 0 Å². The van der Waals surface area contributed by atoms with Crippen molar-refractivity contribution >= 4 is 0 Å². The first-order valence-electron chi connectivity index (χ1n) is 33.3. The minimum Gasteiger partial charge on any atom is -0.0654 e. The lowest BCUT2D eigenvalue weighted by molar-refractivity contribution is 0.236. The molecule has 0 heterocycles. The van der Waals surface area contributed by atoms with Gasteiger partial charge in [-0.3, -0.25) is 0 Å². The van der Waals surface area contributed by atoms with Crippen LogP contribution in [-0.2, 0) is 0 Å². The van der Waals surface area contributed by atoms with Crippen LogP contribution < -0.4 is 0 Å². The van der Waals surface area contributed by atoms with E-state index in [0.717, 1.165) is 11.8 Å². The van der Waals surface area contributed by atoms with Crippen LogP contribution in [0.5, 0.6) is 0 Å². The van der Waals surface area contributed by atoms with Crippen molar-refractivity contribution in [1.82, 2.24) is 0 Å². The van der Waals surface area contributed by atoms with Crippen molar-refractivity contribution in [1.29, 1.82) is 0 Å². The minimum atomic E-state index is 1.02. The van der Waals surface area contributed by atoms with E-state index in [-0.39, 0.29) is 0 Å². The lowest BCUT2D eigenvalue weighted by atomic mass is 9.78. The molecule has 0 radical (unpaired) electrons. The quantitative estimate of drug-likeness (QED) is 0.0533. The molecule has 0 spiro atoms. The second-order valence-corrected chi connectivity index (χ2v) is 23.4. The van der Waals surface area contributed by atoms with E-state index in [4.69, 9.17) is 0 Å². The van der Waals surface area contributed by atoms with Crippen LogP contribution in [0, 0.1) is 11.8 Å². The largest absolute Gasteiger partial charge is 0.0654 e. The number of unbranched alkanes of at least 4 members (excludes halogenated alkanes) is 53. The molecule has 0 heteroatoms. The molecule has 0 rings (SSSR count). The van der Waals surface area contributed by atoms with Crippen molar-refractivity contribution in [2.45, 2.75) is 419 Å². The summed E-state index contributed by atoms with van der Waals surface area (Å²) in [4.78, 5) is 0. The van der Waals surface area contributed by atoms with Crippen molar-refractivity contribution in [3.63, 3.8) is 0 Å². The molecule has 2 unspecified atom stereocenters. The van der Waals surface area contributed by atoms with Gasteiger partial charge in [0.1, 0.15) is 0 Å². The summed E-state index contributed by atoms with van der Waals surface area (Å²) in [5.41, 5.74) is 0. The molecule has 0 aliphatic heterocycles. The fourth-order valence-corrected chi connectivity index (χ4v) is 11.8. The van der Waals surface area contributed by atoms with E-state index >= 15 is 0 Å². The monoisotopic (exact) mass is 941 g/mol. The summed E-state index contributed by atoms with van der Waals surface area (Å²) in [6.07, 6.45) is 90.8. The predicted molar refractivity (Wildman–Crippen MR) is 311 cm³/mol. The van der Waals surface area contributed by atoms with Crippen LogP contribution >= 0.6 is 0 Å². The van der Waals surface area contributed by atoms with Gasteiger partial charge in [-0.1, -0.05) is 419 Å². The van der Waals surface area contributed by atoms with Gasteiger partial charge in [0.2, 0.25) is 0 Å². The molecule has 0 amide bonds. The van der Waals surface area contributed by atoms with E-state index in [0.29, 0.717) is 0 Å². The van der Waals surface area contributed by atoms with Gasteiger partial charge in [-0.15, -0.1) is 0 Å². The Bertz CT molecular complexity index is 813. The second-order valence-electron chi connectivity index (χ2n) is 23.4. The molecule has 404 valence electrons. The molecule has 2 atom stereocenters. The molecule has 0 saturated heterocycles. The van der Waals surface area contributed by atoms with E-state index in [2.05, 4.69) is 27.7 Å². The maximum absolute atomic E-state index is 2.36. The Kier molecular flexibility index (Phi) is 62.1. The van der Waals surface area contributed by atoms with E-state index in [1.165, 1.54) is 366 Å². The van der Waals surface area contributed by atoms with Crippen LogP contribution in [0.15, 0.2) is 0 Å². The van der Waals surface area contributed by atoms with Gasteiger partial charge in [0, 0.05) is 0 Å². The number of hydrogen-bond acceptors (Lipinski definition) is 0. The first-order chi connectivity index (χ1) is 33.3. The highest BCUT2D eigenvalue weighted by Crippen LogP contribution is 2.34. The maximum atomic E-state index is 2.36. The van der Waals surface area contributed by atoms with Gasteiger partial charge in [-0.25, -0.2) is 0 Å². The van der Waals surface area contributed by atoms with Crippen molar-refractivity contribution in [3.8, 4) is 0 Å². The zero-order valence-corrected chi connectivity index (χ0v) is 48.3. The molecule has 0 aromatic carbocycles. The average molecular weight is 942 g/mol. The van der Waals surface area contributed by atoms with Gasteiger partial charge < -0.3 is 0 Å². The van der Waals surface area contributed by atoms with Gasteiger partial charge >= 0.3 is 0 Å². The summed E-state index contributed by atoms with van der Waals surface area (Å²) in [5, 5.41) is 0. The highest BCUT2D eigenvalue weighted by molar-refractivity contribution is 4.73. The van der Waals surface area contributed by atoms with Gasteiger partial charge in [0.15, 0.2) is 0 Å². The fraction of sp³-hybridized carbons (Fsp3) is 1.00. The molecule has 0 bridgehead atoms. The SMILES string of the molecule is CCCCCCCCCCCCCCCCCCCCCCCC(CCCCCCCCC)C(CCCCCCCCCC)CCCCCCCCCCCCCCCCCCCCCCC. The summed E-state index contributed by atoms with van der Waals surface area (Å²) in [7, 11) is 0. The Morgan fingerprint density at radius 1 is 0.119 bits per heavy atom. The van der Waals surface area contributed by atoms with Crippen molar-refractivity contribution in [2.75, 3.05) is 0 Å². The summed E-state index contributed by atoms with van der Waals surface area (Å²) in [6.45, 7) is 9.36. The van der Waals surface area contributed by atoms with Crippen molar-refractivity contribution in [2.24, 2.45) is 11.8 Å².